The molecule has 106 valence electrons. The van der Waals surface area contributed by atoms with Gasteiger partial charge in [0.2, 0.25) is 0 Å². The normalized spacial score (nSPS) is 10.8. The van der Waals surface area contributed by atoms with Crippen LogP contribution in [0, 0.1) is 12.8 Å². The van der Waals surface area contributed by atoms with Gasteiger partial charge in [-0.15, -0.1) is 0 Å². The second-order valence-electron chi connectivity index (χ2n) is 5.18. The SMILES string of the molecule is CC(=O)c1ccc(OCCOCCC(C)C)c(C)c1. The van der Waals surface area contributed by atoms with Gasteiger partial charge in [0.1, 0.15) is 12.4 Å². The summed E-state index contributed by atoms with van der Waals surface area (Å²) in [6.45, 7) is 9.79. The van der Waals surface area contributed by atoms with Gasteiger partial charge < -0.3 is 9.47 Å². The summed E-state index contributed by atoms with van der Waals surface area (Å²) in [6, 6.07) is 5.50. The standard InChI is InChI=1S/C16H24O3/c1-12(2)7-8-18-9-10-19-16-6-5-15(14(4)17)11-13(16)3/h5-6,11-12H,7-10H2,1-4H3. The molecule has 3 heteroatoms. The number of carbonyl (C=O) groups is 1. The highest BCUT2D eigenvalue weighted by atomic mass is 16.5. The molecule has 0 aliphatic heterocycles. The number of benzene rings is 1. The highest BCUT2D eigenvalue weighted by molar-refractivity contribution is 5.94. The molecular formula is C16H24O3. The Labute approximate surface area is 115 Å². The molecule has 0 saturated carbocycles. The number of hydrogen-bond acceptors (Lipinski definition) is 3. The highest BCUT2D eigenvalue weighted by Crippen LogP contribution is 2.19. The van der Waals surface area contributed by atoms with E-state index in [9.17, 15) is 4.79 Å². The smallest absolute Gasteiger partial charge is 0.159 e. The third-order valence-corrected chi connectivity index (χ3v) is 2.91. The molecule has 1 rings (SSSR count). The van der Waals surface area contributed by atoms with Gasteiger partial charge in [0, 0.05) is 12.2 Å². The molecule has 19 heavy (non-hydrogen) atoms. The predicted octanol–water partition coefficient (Wildman–Crippen LogP) is 3.64. The zero-order valence-corrected chi connectivity index (χ0v) is 12.4. The van der Waals surface area contributed by atoms with Gasteiger partial charge in [-0.1, -0.05) is 13.8 Å². The monoisotopic (exact) mass is 264 g/mol. The van der Waals surface area contributed by atoms with Crippen LogP contribution in [0.2, 0.25) is 0 Å². The van der Waals surface area contributed by atoms with Crippen molar-refractivity contribution in [2.24, 2.45) is 5.92 Å². The van der Waals surface area contributed by atoms with Crippen LogP contribution in [-0.2, 0) is 4.74 Å². The first-order valence-electron chi connectivity index (χ1n) is 6.83. The van der Waals surface area contributed by atoms with Crippen molar-refractivity contribution in [3.05, 3.63) is 29.3 Å². The number of carbonyl (C=O) groups excluding carboxylic acids is 1. The van der Waals surface area contributed by atoms with Crippen molar-refractivity contribution in [3.8, 4) is 5.75 Å². The Hall–Kier alpha value is -1.35. The maximum Gasteiger partial charge on any atom is 0.159 e. The second kappa shape index (κ2) is 7.95. The Balaban J connectivity index is 2.32. The van der Waals surface area contributed by atoms with E-state index in [4.69, 9.17) is 9.47 Å². The minimum absolute atomic E-state index is 0.0756. The van der Waals surface area contributed by atoms with E-state index in [0.717, 1.165) is 29.9 Å². The van der Waals surface area contributed by atoms with Gasteiger partial charge in [-0.25, -0.2) is 0 Å². The molecule has 0 fully saturated rings. The van der Waals surface area contributed by atoms with E-state index in [1.54, 1.807) is 13.0 Å². The van der Waals surface area contributed by atoms with Crippen molar-refractivity contribution < 1.29 is 14.3 Å². The summed E-state index contributed by atoms with van der Waals surface area (Å²) in [5, 5.41) is 0. The Morgan fingerprint density at radius 3 is 2.53 bits per heavy atom. The lowest BCUT2D eigenvalue weighted by molar-refractivity contribution is 0.0923. The molecule has 0 spiro atoms. The van der Waals surface area contributed by atoms with E-state index < -0.39 is 0 Å². The van der Waals surface area contributed by atoms with Crippen LogP contribution in [0.1, 0.15) is 43.1 Å². The third kappa shape index (κ3) is 5.88. The van der Waals surface area contributed by atoms with Gasteiger partial charge in [0.15, 0.2) is 5.78 Å². The van der Waals surface area contributed by atoms with Crippen molar-refractivity contribution >= 4 is 5.78 Å². The fourth-order valence-corrected chi connectivity index (χ4v) is 1.66. The van der Waals surface area contributed by atoms with Crippen LogP contribution in [0.4, 0.5) is 0 Å². The van der Waals surface area contributed by atoms with Crippen LogP contribution >= 0.6 is 0 Å². The van der Waals surface area contributed by atoms with Gasteiger partial charge in [-0.05, 0) is 49.9 Å². The topological polar surface area (TPSA) is 35.5 Å². The Morgan fingerprint density at radius 2 is 1.95 bits per heavy atom. The van der Waals surface area contributed by atoms with Crippen molar-refractivity contribution in [3.63, 3.8) is 0 Å². The number of ether oxygens (including phenoxy) is 2. The molecule has 1 aromatic rings. The maximum absolute atomic E-state index is 11.2. The summed E-state index contributed by atoms with van der Waals surface area (Å²) in [5.41, 5.74) is 1.70. The maximum atomic E-state index is 11.2. The quantitative estimate of drug-likeness (QED) is 0.531. The summed E-state index contributed by atoms with van der Waals surface area (Å²) >= 11 is 0. The largest absolute Gasteiger partial charge is 0.491 e. The number of rotatable bonds is 8. The third-order valence-electron chi connectivity index (χ3n) is 2.91. The summed E-state index contributed by atoms with van der Waals surface area (Å²) in [6.07, 6.45) is 1.08. The zero-order valence-electron chi connectivity index (χ0n) is 12.4. The lowest BCUT2D eigenvalue weighted by Gasteiger charge is -2.11. The van der Waals surface area contributed by atoms with Gasteiger partial charge in [-0.2, -0.15) is 0 Å². The molecule has 0 amide bonds. The van der Waals surface area contributed by atoms with Crippen molar-refractivity contribution in [1.29, 1.82) is 0 Å². The van der Waals surface area contributed by atoms with E-state index in [0.29, 0.717) is 19.1 Å². The van der Waals surface area contributed by atoms with E-state index in [1.807, 2.05) is 19.1 Å². The van der Waals surface area contributed by atoms with Gasteiger partial charge >= 0.3 is 0 Å². The molecule has 1 aromatic carbocycles. The average molecular weight is 264 g/mol. The first kappa shape index (κ1) is 15.7. The molecule has 0 atom stereocenters. The number of ketones is 1. The van der Waals surface area contributed by atoms with Crippen molar-refractivity contribution in [2.75, 3.05) is 19.8 Å². The fraction of sp³-hybridized carbons (Fsp3) is 0.562. The molecule has 0 aromatic heterocycles. The zero-order chi connectivity index (χ0) is 14.3. The highest BCUT2D eigenvalue weighted by Gasteiger charge is 2.04. The minimum Gasteiger partial charge on any atom is -0.491 e. The van der Waals surface area contributed by atoms with Gasteiger partial charge in [-0.3, -0.25) is 4.79 Å². The second-order valence-corrected chi connectivity index (χ2v) is 5.18. The number of Topliss-reactive ketones (excluding diaryl/α,β-unsaturated/α-hetero) is 1. The summed E-state index contributed by atoms with van der Waals surface area (Å²) in [7, 11) is 0. The molecule has 0 aliphatic carbocycles. The summed E-state index contributed by atoms with van der Waals surface area (Å²) < 4.78 is 11.1. The molecule has 3 nitrogen and oxygen atoms in total. The van der Waals surface area contributed by atoms with Crippen LogP contribution in [0.15, 0.2) is 18.2 Å². The summed E-state index contributed by atoms with van der Waals surface area (Å²) in [4.78, 5) is 11.2. The fourth-order valence-electron chi connectivity index (χ4n) is 1.66. The van der Waals surface area contributed by atoms with Crippen LogP contribution in [-0.4, -0.2) is 25.6 Å². The van der Waals surface area contributed by atoms with E-state index in [2.05, 4.69) is 13.8 Å². The van der Waals surface area contributed by atoms with Crippen LogP contribution in [0.5, 0.6) is 5.75 Å². The minimum atomic E-state index is 0.0756. The molecule has 0 heterocycles. The first-order chi connectivity index (χ1) is 9.00. The van der Waals surface area contributed by atoms with E-state index in [1.165, 1.54) is 0 Å². The number of hydrogen-bond donors (Lipinski definition) is 0. The van der Waals surface area contributed by atoms with Crippen LogP contribution < -0.4 is 4.74 Å². The molecular weight excluding hydrogens is 240 g/mol. The lowest BCUT2D eigenvalue weighted by atomic mass is 10.1. The predicted molar refractivity (Wildman–Crippen MR) is 77.0 cm³/mol. The lowest BCUT2D eigenvalue weighted by Crippen LogP contribution is -2.09. The van der Waals surface area contributed by atoms with Crippen LogP contribution in [0.3, 0.4) is 0 Å². The Morgan fingerprint density at radius 1 is 1.21 bits per heavy atom. The van der Waals surface area contributed by atoms with Crippen molar-refractivity contribution in [2.45, 2.75) is 34.1 Å². The Bertz CT molecular complexity index is 410. The average Bonchev–Trinajstić information content (AvgIpc) is 2.34. The van der Waals surface area contributed by atoms with Crippen LogP contribution in [0.25, 0.3) is 0 Å². The first-order valence-corrected chi connectivity index (χ1v) is 6.83. The van der Waals surface area contributed by atoms with Gasteiger partial charge in [0.25, 0.3) is 0 Å². The van der Waals surface area contributed by atoms with Crippen molar-refractivity contribution in [1.82, 2.24) is 0 Å². The molecule has 0 N–H and O–H groups in total. The molecule has 0 bridgehead atoms. The molecule has 0 radical (unpaired) electrons. The molecule has 0 aliphatic rings. The molecule has 0 saturated heterocycles. The summed E-state index contributed by atoms with van der Waals surface area (Å²) in [5.74, 6) is 1.56. The van der Waals surface area contributed by atoms with E-state index in [-0.39, 0.29) is 5.78 Å². The van der Waals surface area contributed by atoms with Gasteiger partial charge in [0.05, 0.1) is 6.61 Å². The van der Waals surface area contributed by atoms with E-state index >= 15 is 0 Å². The molecule has 0 unspecified atom stereocenters. The Kier molecular flexibility index (Phi) is 6.57. The number of aryl methyl sites for hydroxylation is 1.